The van der Waals surface area contributed by atoms with Crippen LogP contribution < -0.4 is 0 Å². The summed E-state index contributed by atoms with van der Waals surface area (Å²) in [5, 5.41) is 9.34. The van der Waals surface area contributed by atoms with Gasteiger partial charge in [-0.15, -0.1) is 0 Å². The summed E-state index contributed by atoms with van der Waals surface area (Å²) in [6.45, 7) is 5.51. The Hall–Kier alpha value is -1.06. The lowest BCUT2D eigenvalue weighted by molar-refractivity contribution is -0.167. The molecule has 18 heavy (non-hydrogen) atoms. The molecule has 0 unspecified atom stereocenters. The highest BCUT2D eigenvalue weighted by Crippen LogP contribution is 2.57. The van der Waals surface area contributed by atoms with Gasteiger partial charge in [0, 0.05) is 18.5 Å². The Balaban J connectivity index is 2.14. The number of carboxylic acid groups (broad SMARTS) is 1. The molecular weight excluding hydrogens is 230 g/mol. The number of aliphatic carboxylic acids is 1. The van der Waals surface area contributed by atoms with Gasteiger partial charge in [0.15, 0.2) is 0 Å². The van der Waals surface area contributed by atoms with Crippen molar-refractivity contribution in [3.05, 3.63) is 0 Å². The fraction of sp³-hybridized carbons (Fsp3) is 0.857. The lowest BCUT2D eigenvalue weighted by atomic mass is 9.53. The van der Waals surface area contributed by atoms with E-state index in [-0.39, 0.29) is 11.3 Å². The molecule has 102 valence electrons. The van der Waals surface area contributed by atoms with E-state index in [9.17, 15) is 14.7 Å². The quantitative estimate of drug-likeness (QED) is 0.836. The molecule has 0 spiro atoms. The van der Waals surface area contributed by atoms with Gasteiger partial charge < -0.3 is 10.0 Å². The van der Waals surface area contributed by atoms with Crippen LogP contribution in [0.5, 0.6) is 0 Å². The summed E-state index contributed by atoms with van der Waals surface area (Å²) in [5.41, 5.74) is -0.769. The van der Waals surface area contributed by atoms with Crippen LogP contribution in [0.15, 0.2) is 0 Å². The Morgan fingerprint density at radius 2 is 1.33 bits per heavy atom. The van der Waals surface area contributed by atoms with Crippen LogP contribution in [0.2, 0.25) is 0 Å². The molecule has 4 heteroatoms. The zero-order chi connectivity index (χ0) is 13.4. The van der Waals surface area contributed by atoms with E-state index in [0.29, 0.717) is 19.3 Å². The van der Waals surface area contributed by atoms with Crippen molar-refractivity contribution in [2.75, 3.05) is 13.1 Å². The van der Waals surface area contributed by atoms with Crippen LogP contribution in [0.3, 0.4) is 0 Å². The third-order valence-corrected chi connectivity index (χ3v) is 5.20. The molecule has 1 amide bonds. The van der Waals surface area contributed by atoms with Gasteiger partial charge in [0.2, 0.25) is 5.91 Å². The second-order valence-corrected chi connectivity index (χ2v) is 5.84. The average molecular weight is 253 g/mol. The molecule has 0 atom stereocenters. The smallest absolute Gasteiger partial charge is 0.309 e. The van der Waals surface area contributed by atoms with E-state index in [4.69, 9.17) is 0 Å². The van der Waals surface area contributed by atoms with Crippen molar-refractivity contribution in [1.82, 2.24) is 4.90 Å². The van der Waals surface area contributed by atoms with E-state index in [0.717, 1.165) is 32.4 Å². The molecule has 1 N–H and O–H groups in total. The average Bonchev–Trinajstić information content (AvgIpc) is 2.42. The van der Waals surface area contributed by atoms with Gasteiger partial charge in [0.25, 0.3) is 0 Å². The molecule has 0 radical (unpaired) electrons. The van der Waals surface area contributed by atoms with Crippen LogP contribution in [-0.2, 0) is 9.59 Å². The third-order valence-electron chi connectivity index (χ3n) is 5.20. The normalized spacial score (nSPS) is 34.3. The van der Waals surface area contributed by atoms with Gasteiger partial charge in [-0.25, -0.2) is 0 Å². The predicted octanol–water partition coefficient (Wildman–Crippen LogP) is 2.28. The van der Waals surface area contributed by atoms with Crippen molar-refractivity contribution >= 4 is 11.9 Å². The van der Waals surface area contributed by atoms with Gasteiger partial charge in [-0.3, -0.25) is 9.59 Å². The van der Waals surface area contributed by atoms with Crippen molar-refractivity contribution in [3.8, 4) is 0 Å². The first-order chi connectivity index (χ1) is 8.49. The van der Waals surface area contributed by atoms with Crippen molar-refractivity contribution in [1.29, 1.82) is 0 Å². The molecule has 0 aromatic carbocycles. The van der Waals surface area contributed by atoms with Crippen LogP contribution in [-0.4, -0.2) is 35.0 Å². The molecule has 3 rings (SSSR count). The zero-order valence-electron chi connectivity index (χ0n) is 11.4. The van der Waals surface area contributed by atoms with Crippen LogP contribution in [0.25, 0.3) is 0 Å². The Labute approximate surface area is 108 Å². The van der Waals surface area contributed by atoms with Gasteiger partial charge >= 0.3 is 5.97 Å². The van der Waals surface area contributed by atoms with Gasteiger partial charge in [-0.05, 0) is 52.4 Å². The molecule has 4 nitrogen and oxygen atoms in total. The van der Waals surface area contributed by atoms with Crippen LogP contribution in [0.1, 0.15) is 52.4 Å². The van der Waals surface area contributed by atoms with Crippen LogP contribution in [0.4, 0.5) is 0 Å². The van der Waals surface area contributed by atoms with Gasteiger partial charge in [-0.1, -0.05) is 0 Å². The molecule has 3 saturated carbocycles. The lowest BCUT2D eigenvalue weighted by Gasteiger charge is -2.51. The standard InChI is InChI=1S/C14H23NO3/c1-3-15(4-2)11(16)13-5-8-14(9-6-13,10-7-13)12(17)18/h3-10H2,1-2H3,(H,17,18). The Kier molecular flexibility index (Phi) is 3.39. The molecule has 3 aliphatic rings. The second kappa shape index (κ2) is 4.56. The summed E-state index contributed by atoms with van der Waals surface area (Å²) >= 11 is 0. The maximum atomic E-state index is 12.6. The van der Waals surface area contributed by atoms with E-state index in [1.807, 2.05) is 18.7 Å². The highest BCUT2D eigenvalue weighted by Gasteiger charge is 2.56. The SMILES string of the molecule is CCN(CC)C(=O)C12CCC(C(=O)O)(CC1)CC2. The lowest BCUT2D eigenvalue weighted by Crippen LogP contribution is -2.53. The van der Waals surface area contributed by atoms with Crippen molar-refractivity contribution in [3.63, 3.8) is 0 Å². The number of carbonyl (C=O) groups excluding carboxylic acids is 1. The van der Waals surface area contributed by atoms with E-state index < -0.39 is 11.4 Å². The monoisotopic (exact) mass is 253 g/mol. The summed E-state index contributed by atoms with van der Waals surface area (Å²) in [5.74, 6) is -0.405. The minimum Gasteiger partial charge on any atom is -0.481 e. The second-order valence-electron chi connectivity index (χ2n) is 5.84. The topological polar surface area (TPSA) is 57.6 Å². The van der Waals surface area contributed by atoms with Gasteiger partial charge in [0.1, 0.15) is 0 Å². The third kappa shape index (κ3) is 1.82. The predicted molar refractivity (Wildman–Crippen MR) is 68.1 cm³/mol. The minimum atomic E-state index is -0.661. The molecule has 0 saturated heterocycles. The Morgan fingerprint density at radius 1 is 0.944 bits per heavy atom. The first kappa shape index (κ1) is 13.4. The largest absolute Gasteiger partial charge is 0.481 e. The molecule has 3 fully saturated rings. The Morgan fingerprint density at radius 3 is 1.67 bits per heavy atom. The number of fused-ring (bicyclic) bond motifs is 3. The Bertz CT molecular complexity index is 336. The fourth-order valence-electron chi connectivity index (χ4n) is 3.67. The zero-order valence-corrected chi connectivity index (χ0v) is 11.4. The highest BCUT2D eigenvalue weighted by molar-refractivity contribution is 5.84. The summed E-state index contributed by atoms with van der Waals surface area (Å²) in [6.07, 6.45) is 4.30. The summed E-state index contributed by atoms with van der Waals surface area (Å²) in [6, 6.07) is 0. The summed E-state index contributed by atoms with van der Waals surface area (Å²) in [4.78, 5) is 25.8. The maximum absolute atomic E-state index is 12.6. The van der Waals surface area contributed by atoms with E-state index >= 15 is 0 Å². The molecule has 0 heterocycles. The van der Waals surface area contributed by atoms with Crippen molar-refractivity contribution in [2.24, 2.45) is 10.8 Å². The fourth-order valence-corrected chi connectivity index (χ4v) is 3.67. The summed E-state index contributed by atoms with van der Waals surface area (Å²) in [7, 11) is 0. The molecule has 0 aliphatic heterocycles. The summed E-state index contributed by atoms with van der Waals surface area (Å²) < 4.78 is 0. The van der Waals surface area contributed by atoms with Crippen LogP contribution in [0, 0.1) is 10.8 Å². The van der Waals surface area contributed by atoms with Crippen molar-refractivity contribution in [2.45, 2.75) is 52.4 Å². The minimum absolute atomic E-state index is 0.247. The molecule has 2 bridgehead atoms. The molecule has 0 aromatic heterocycles. The number of rotatable bonds is 4. The number of hydrogen-bond donors (Lipinski definition) is 1. The van der Waals surface area contributed by atoms with E-state index in [2.05, 4.69) is 0 Å². The van der Waals surface area contributed by atoms with E-state index in [1.165, 1.54) is 0 Å². The number of carboxylic acids is 1. The number of hydrogen-bond acceptors (Lipinski definition) is 2. The molecule has 0 aromatic rings. The number of nitrogens with zero attached hydrogens (tertiary/aromatic N) is 1. The number of amides is 1. The maximum Gasteiger partial charge on any atom is 0.309 e. The van der Waals surface area contributed by atoms with Crippen LogP contribution >= 0.6 is 0 Å². The first-order valence-electron chi connectivity index (χ1n) is 7.02. The van der Waals surface area contributed by atoms with Gasteiger partial charge in [0.05, 0.1) is 5.41 Å². The highest BCUT2D eigenvalue weighted by atomic mass is 16.4. The first-order valence-corrected chi connectivity index (χ1v) is 7.02. The number of carbonyl (C=O) groups is 2. The van der Waals surface area contributed by atoms with Crippen molar-refractivity contribution < 1.29 is 14.7 Å². The van der Waals surface area contributed by atoms with Gasteiger partial charge in [-0.2, -0.15) is 0 Å². The molecule has 3 aliphatic carbocycles. The molecular formula is C14H23NO3. The van der Waals surface area contributed by atoms with E-state index in [1.54, 1.807) is 0 Å².